The normalized spacial score (nSPS) is 11.9. The van der Waals surface area contributed by atoms with E-state index in [0.717, 1.165) is 10.9 Å². The number of fused-ring (bicyclic) bond motifs is 1. The fraction of sp³-hybridized carbons (Fsp3) is 0.0909. The Bertz CT molecular complexity index is 660. The van der Waals surface area contributed by atoms with Crippen LogP contribution in [0.25, 0.3) is 10.8 Å². The van der Waals surface area contributed by atoms with Crippen LogP contribution >= 0.6 is 12.6 Å². The molecule has 1 N–H and O–H groups in total. The standard InChI is InChI=1S/C11H10O3S2/c1-7-2-3-8-5-9(15)6-11(10(8)4-7)16(12,13)14/h2-6,15H,1H3,(H,12,13,14). The first-order valence-electron chi connectivity index (χ1n) is 4.59. The summed E-state index contributed by atoms with van der Waals surface area (Å²) in [5.41, 5.74) is 0.935. The SMILES string of the molecule is Cc1ccc2cc(S)cc(S(=O)(=O)O)c2c1. The van der Waals surface area contributed by atoms with E-state index in [-0.39, 0.29) is 4.90 Å². The second-order valence-corrected chi connectivity index (χ2v) is 5.55. The van der Waals surface area contributed by atoms with Crippen molar-refractivity contribution in [1.82, 2.24) is 0 Å². The van der Waals surface area contributed by atoms with Gasteiger partial charge in [-0.2, -0.15) is 8.42 Å². The minimum atomic E-state index is -4.22. The second-order valence-electron chi connectivity index (χ2n) is 3.64. The van der Waals surface area contributed by atoms with Crippen molar-refractivity contribution in [2.75, 3.05) is 0 Å². The molecule has 0 atom stereocenters. The summed E-state index contributed by atoms with van der Waals surface area (Å²) in [6.07, 6.45) is 0. The fourth-order valence-electron chi connectivity index (χ4n) is 1.64. The summed E-state index contributed by atoms with van der Waals surface area (Å²) in [5.74, 6) is 0. The molecule has 84 valence electrons. The van der Waals surface area contributed by atoms with Gasteiger partial charge in [-0.1, -0.05) is 23.8 Å². The van der Waals surface area contributed by atoms with Crippen LogP contribution in [0.4, 0.5) is 0 Å². The molecule has 2 rings (SSSR count). The Kier molecular flexibility index (Phi) is 2.69. The molecule has 0 fully saturated rings. The van der Waals surface area contributed by atoms with E-state index < -0.39 is 10.1 Å². The van der Waals surface area contributed by atoms with Crippen LogP contribution in [0.15, 0.2) is 40.1 Å². The number of benzene rings is 2. The van der Waals surface area contributed by atoms with Gasteiger partial charge in [0.2, 0.25) is 0 Å². The highest BCUT2D eigenvalue weighted by molar-refractivity contribution is 7.86. The molecule has 0 bridgehead atoms. The summed E-state index contributed by atoms with van der Waals surface area (Å²) in [5, 5.41) is 1.26. The summed E-state index contributed by atoms with van der Waals surface area (Å²) in [6.45, 7) is 1.86. The Balaban J connectivity index is 2.96. The highest BCUT2D eigenvalue weighted by Crippen LogP contribution is 2.27. The maximum absolute atomic E-state index is 11.2. The molecular formula is C11H10O3S2. The average Bonchev–Trinajstić information content (AvgIpc) is 2.16. The van der Waals surface area contributed by atoms with Crippen molar-refractivity contribution in [2.24, 2.45) is 0 Å². The topological polar surface area (TPSA) is 54.4 Å². The number of thiol groups is 1. The van der Waals surface area contributed by atoms with E-state index in [1.165, 1.54) is 6.07 Å². The molecule has 0 aliphatic carbocycles. The Morgan fingerprint density at radius 1 is 1.19 bits per heavy atom. The Morgan fingerprint density at radius 3 is 2.50 bits per heavy atom. The third-order valence-electron chi connectivity index (χ3n) is 2.33. The van der Waals surface area contributed by atoms with E-state index in [9.17, 15) is 8.42 Å². The molecule has 0 radical (unpaired) electrons. The van der Waals surface area contributed by atoms with Crippen molar-refractivity contribution in [3.8, 4) is 0 Å². The molecule has 2 aromatic rings. The first kappa shape index (κ1) is 11.4. The van der Waals surface area contributed by atoms with Crippen LogP contribution in [-0.2, 0) is 10.1 Å². The first-order valence-corrected chi connectivity index (χ1v) is 6.47. The van der Waals surface area contributed by atoms with Crippen LogP contribution in [0.2, 0.25) is 0 Å². The summed E-state index contributed by atoms with van der Waals surface area (Å²) in [7, 11) is -4.22. The first-order chi connectivity index (χ1) is 7.38. The quantitative estimate of drug-likeness (QED) is 0.607. The fourth-order valence-corrected chi connectivity index (χ4v) is 2.72. The molecular weight excluding hydrogens is 244 g/mol. The van der Waals surface area contributed by atoms with E-state index in [1.54, 1.807) is 18.2 Å². The Morgan fingerprint density at radius 2 is 1.88 bits per heavy atom. The highest BCUT2D eigenvalue weighted by atomic mass is 32.2. The predicted molar refractivity (Wildman–Crippen MR) is 65.8 cm³/mol. The molecule has 0 saturated heterocycles. The zero-order chi connectivity index (χ0) is 11.9. The van der Waals surface area contributed by atoms with Crippen molar-refractivity contribution in [2.45, 2.75) is 16.7 Å². The van der Waals surface area contributed by atoms with Crippen LogP contribution in [-0.4, -0.2) is 13.0 Å². The van der Waals surface area contributed by atoms with Gasteiger partial charge < -0.3 is 0 Å². The molecule has 0 heterocycles. The number of aryl methyl sites for hydroxylation is 1. The van der Waals surface area contributed by atoms with Crippen LogP contribution in [0, 0.1) is 6.92 Å². The van der Waals surface area contributed by atoms with Crippen molar-refractivity contribution in [3.05, 3.63) is 35.9 Å². The van der Waals surface area contributed by atoms with Gasteiger partial charge in [0.1, 0.15) is 4.90 Å². The summed E-state index contributed by atoms with van der Waals surface area (Å²) in [6, 6.07) is 8.51. The lowest BCUT2D eigenvalue weighted by molar-refractivity contribution is 0.484. The molecule has 0 aliphatic rings. The number of hydrogen-bond acceptors (Lipinski definition) is 3. The smallest absolute Gasteiger partial charge is 0.282 e. The minimum absolute atomic E-state index is 0.0984. The van der Waals surface area contributed by atoms with Crippen LogP contribution in [0.3, 0.4) is 0 Å². The molecule has 0 unspecified atom stereocenters. The largest absolute Gasteiger partial charge is 0.295 e. The van der Waals surface area contributed by atoms with Crippen molar-refractivity contribution in [1.29, 1.82) is 0 Å². The average molecular weight is 254 g/mol. The van der Waals surface area contributed by atoms with Crippen LogP contribution in [0.5, 0.6) is 0 Å². The predicted octanol–water partition coefficient (Wildman–Crippen LogP) is 2.68. The third-order valence-corrected chi connectivity index (χ3v) is 3.49. The lowest BCUT2D eigenvalue weighted by atomic mass is 10.1. The second kappa shape index (κ2) is 3.76. The highest BCUT2D eigenvalue weighted by Gasteiger charge is 2.14. The molecule has 0 aromatic heterocycles. The van der Waals surface area contributed by atoms with E-state index in [2.05, 4.69) is 12.6 Å². The summed E-state index contributed by atoms with van der Waals surface area (Å²) < 4.78 is 31.6. The van der Waals surface area contributed by atoms with Gasteiger partial charge in [0.05, 0.1) is 0 Å². The van der Waals surface area contributed by atoms with Crippen molar-refractivity contribution < 1.29 is 13.0 Å². The maximum atomic E-state index is 11.2. The summed E-state index contributed by atoms with van der Waals surface area (Å²) >= 11 is 4.11. The maximum Gasteiger partial charge on any atom is 0.295 e. The number of hydrogen-bond donors (Lipinski definition) is 2. The molecule has 5 heteroatoms. The van der Waals surface area contributed by atoms with Gasteiger partial charge in [0.15, 0.2) is 0 Å². The lowest BCUT2D eigenvalue weighted by Crippen LogP contribution is -1.99. The van der Waals surface area contributed by atoms with Crippen molar-refractivity contribution in [3.63, 3.8) is 0 Å². The van der Waals surface area contributed by atoms with Gasteiger partial charge >= 0.3 is 0 Å². The monoisotopic (exact) mass is 254 g/mol. The zero-order valence-electron chi connectivity index (χ0n) is 8.51. The van der Waals surface area contributed by atoms with Gasteiger partial charge in [-0.25, -0.2) is 0 Å². The molecule has 0 amide bonds. The Labute approximate surface area is 99.3 Å². The van der Waals surface area contributed by atoms with E-state index in [0.29, 0.717) is 10.3 Å². The molecule has 0 aliphatic heterocycles. The van der Waals surface area contributed by atoms with Crippen LogP contribution in [0.1, 0.15) is 5.56 Å². The Hall–Kier alpha value is -1.04. The third kappa shape index (κ3) is 2.07. The van der Waals surface area contributed by atoms with Crippen molar-refractivity contribution >= 4 is 33.5 Å². The lowest BCUT2D eigenvalue weighted by Gasteiger charge is -2.06. The van der Waals surface area contributed by atoms with Gasteiger partial charge in [-0.3, -0.25) is 4.55 Å². The number of rotatable bonds is 1. The minimum Gasteiger partial charge on any atom is -0.282 e. The zero-order valence-corrected chi connectivity index (χ0v) is 10.2. The molecule has 0 spiro atoms. The summed E-state index contributed by atoms with van der Waals surface area (Å²) in [4.78, 5) is 0.405. The van der Waals surface area contributed by atoms with Gasteiger partial charge in [0.25, 0.3) is 10.1 Å². The van der Waals surface area contributed by atoms with Crippen LogP contribution < -0.4 is 0 Å². The van der Waals surface area contributed by atoms with Gasteiger partial charge in [-0.05, 0) is 24.4 Å². The molecule has 2 aromatic carbocycles. The molecule has 3 nitrogen and oxygen atoms in total. The van der Waals surface area contributed by atoms with Gasteiger partial charge in [0, 0.05) is 10.3 Å². The van der Waals surface area contributed by atoms with E-state index in [1.807, 2.05) is 13.0 Å². The van der Waals surface area contributed by atoms with Gasteiger partial charge in [-0.15, -0.1) is 12.6 Å². The van der Waals surface area contributed by atoms with E-state index >= 15 is 0 Å². The molecule has 0 saturated carbocycles. The molecule has 16 heavy (non-hydrogen) atoms. The van der Waals surface area contributed by atoms with E-state index in [4.69, 9.17) is 4.55 Å².